The summed E-state index contributed by atoms with van der Waals surface area (Å²) in [5.41, 5.74) is 4.57. The van der Waals surface area contributed by atoms with Gasteiger partial charge >= 0.3 is 5.97 Å². The number of hydrogen-bond donors (Lipinski definition) is 3. The number of rotatable bonds is 12. The zero-order chi connectivity index (χ0) is 32.0. The van der Waals surface area contributed by atoms with Gasteiger partial charge in [-0.1, -0.05) is 36.4 Å². The summed E-state index contributed by atoms with van der Waals surface area (Å²) in [4.78, 5) is 11.8. The molecule has 0 unspecified atom stereocenters. The molecule has 4 aromatic rings. The SMILES string of the molecule is Cc1c(COc2cc(OCc3cccc(C#N)c3)c(CN[C@](C)(CO)C(=O)O)cc2Br)cccc1-c1ccc2c(c1)OCCO2. The van der Waals surface area contributed by atoms with E-state index in [1.165, 1.54) is 6.92 Å². The molecule has 10 heteroatoms. The van der Waals surface area contributed by atoms with Crippen LogP contribution >= 0.6 is 15.9 Å². The van der Waals surface area contributed by atoms with Crippen LogP contribution in [0, 0.1) is 18.3 Å². The Morgan fingerprint density at radius 3 is 2.49 bits per heavy atom. The molecule has 0 aliphatic carbocycles. The minimum atomic E-state index is -1.54. The van der Waals surface area contributed by atoms with Gasteiger partial charge < -0.3 is 29.2 Å². The molecule has 1 atom stereocenters. The van der Waals surface area contributed by atoms with E-state index in [1.54, 1.807) is 24.3 Å². The Kier molecular flexibility index (Phi) is 9.93. The zero-order valence-corrected chi connectivity index (χ0v) is 26.5. The van der Waals surface area contributed by atoms with Crippen LogP contribution in [0.4, 0.5) is 0 Å². The maximum atomic E-state index is 11.8. The number of aliphatic hydroxyl groups excluding tert-OH is 1. The highest BCUT2D eigenvalue weighted by Crippen LogP contribution is 2.37. The van der Waals surface area contributed by atoms with E-state index in [0.29, 0.717) is 40.3 Å². The predicted octanol–water partition coefficient (Wildman–Crippen LogP) is 6.15. The van der Waals surface area contributed by atoms with Crippen LogP contribution in [-0.2, 0) is 24.6 Å². The number of carboxylic acids is 1. The van der Waals surface area contributed by atoms with E-state index in [0.717, 1.165) is 39.3 Å². The molecule has 0 spiro atoms. The quantitative estimate of drug-likeness (QED) is 0.162. The van der Waals surface area contributed by atoms with Crippen LogP contribution in [0.1, 0.15) is 34.7 Å². The molecule has 3 N–H and O–H groups in total. The van der Waals surface area contributed by atoms with E-state index in [-0.39, 0.29) is 19.8 Å². The molecular formula is C35H33BrN2O7. The molecule has 0 saturated carbocycles. The van der Waals surface area contributed by atoms with Gasteiger partial charge in [0, 0.05) is 18.2 Å². The van der Waals surface area contributed by atoms with Gasteiger partial charge in [0.15, 0.2) is 11.5 Å². The van der Waals surface area contributed by atoms with Crippen molar-refractivity contribution < 1.29 is 34.0 Å². The number of halogens is 1. The molecule has 232 valence electrons. The normalized spacial score (nSPS) is 13.4. The van der Waals surface area contributed by atoms with E-state index in [9.17, 15) is 20.3 Å². The number of carbonyl (C=O) groups is 1. The van der Waals surface area contributed by atoms with Crippen LogP contribution in [0.2, 0.25) is 0 Å². The Hall–Kier alpha value is -4.56. The highest BCUT2D eigenvalue weighted by atomic mass is 79.9. The minimum absolute atomic E-state index is 0.104. The first-order valence-corrected chi connectivity index (χ1v) is 15.1. The van der Waals surface area contributed by atoms with Gasteiger partial charge in [-0.2, -0.15) is 5.26 Å². The number of nitriles is 1. The van der Waals surface area contributed by atoms with Gasteiger partial charge in [-0.25, -0.2) is 0 Å². The molecule has 0 amide bonds. The number of nitrogens with zero attached hydrogens (tertiary/aromatic N) is 1. The van der Waals surface area contributed by atoms with Crippen molar-refractivity contribution in [3.63, 3.8) is 0 Å². The summed E-state index contributed by atoms with van der Waals surface area (Å²) in [7, 11) is 0. The Bertz CT molecular complexity index is 1750. The summed E-state index contributed by atoms with van der Waals surface area (Å²) in [6.07, 6.45) is 0. The summed E-state index contributed by atoms with van der Waals surface area (Å²) in [6.45, 7) is 4.50. The Balaban J connectivity index is 1.39. The van der Waals surface area contributed by atoms with Gasteiger partial charge in [0.1, 0.15) is 43.5 Å². The van der Waals surface area contributed by atoms with Crippen molar-refractivity contribution in [1.29, 1.82) is 5.26 Å². The largest absolute Gasteiger partial charge is 0.488 e. The maximum absolute atomic E-state index is 11.8. The zero-order valence-electron chi connectivity index (χ0n) is 24.9. The van der Waals surface area contributed by atoms with Crippen molar-refractivity contribution in [2.75, 3.05) is 19.8 Å². The van der Waals surface area contributed by atoms with E-state index in [1.807, 2.05) is 42.5 Å². The molecule has 45 heavy (non-hydrogen) atoms. The molecule has 1 heterocycles. The molecular weight excluding hydrogens is 640 g/mol. The molecule has 0 saturated heterocycles. The monoisotopic (exact) mass is 672 g/mol. The average molecular weight is 674 g/mol. The first kappa shape index (κ1) is 31.9. The second kappa shape index (κ2) is 14.0. The van der Waals surface area contributed by atoms with Gasteiger partial charge in [0.25, 0.3) is 0 Å². The molecule has 5 rings (SSSR count). The topological polar surface area (TPSA) is 130 Å². The van der Waals surface area contributed by atoms with Crippen molar-refractivity contribution in [3.8, 4) is 40.2 Å². The second-order valence-corrected chi connectivity index (χ2v) is 11.7. The number of fused-ring (bicyclic) bond motifs is 1. The lowest BCUT2D eigenvalue weighted by Gasteiger charge is -2.25. The van der Waals surface area contributed by atoms with Crippen molar-refractivity contribution in [3.05, 3.63) is 105 Å². The Labute approximate surface area is 270 Å². The maximum Gasteiger partial charge on any atom is 0.326 e. The van der Waals surface area contributed by atoms with Crippen LogP contribution < -0.4 is 24.3 Å². The Morgan fingerprint density at radius 1 is 0.978 bits per heavy atom. The van der Waals surface area contributed by atoms with Crippen molar-refractivity contribution in [2.24, 2.45) is 0 Å². The van der Waals surface area contributed by atoms with Crippen molar-refractivity contribution >= 4 is 21.9 Å². The highest BCUT2D eigenvalue weighted by molar-refractivity contribution is 9.10. The molecule has 1 aliphatic heterocycles. The van der Waals surface area contributed by atoms with Gasteiger partial charge in [-0.05, 0) is 87.9 Å². The molecule has 1 aliphatic rings. The summed E-state index contributed by atoms with van der Waals surface area (Å²) in [5.74, 6) is 1.30. The molecule has 0 radical (unpaired) electrons. The summed E-state index contributed by atoms with van der Waals surface area (Å²) in [5, 5.41) is 31.5. The molecule has 0 aromatic heterocycles. The third kappa shape index (κ3) is 7.40. The number of aliphatic carboxylic acids is 1. The number of hydrogen-bond acceptors (Lipinski definition) is 8. The fourth-order valence-corrected chi connectivity index (χ4v) is 5.36. The van der Waals surface area contributed by atoms with E-state index >= 15 is 0 Å². The number of aliphatic hydroxyl groups is 1. The van der Waals surface area contributed by atoms with Crippen LogP contribution in [0.25, 0.3) is 11.1 Å². The molecule has 4 aromatic carbocycles. The van der Waals surface area contributed by atoms with Gasteiger partial charge in [-0.15, -0.1) is 0 Å². The number of ether oxygens (including phenoxy) is 4. The first-order valence-electron chi connectivity index (χ1n) is 14.4. The predicted molar refractivity (Wildman–Crippen MR) is 172 cm³/mol. The number of carboxylic acid groups (broad SMARTS) is 1. The molecule has 9 nitrogen and oxygen atoms in total. The Morgan fingerprint density at radius 2 is 1.73 bits per heavy atom. The molecule has 0 bridgehead atoms. The number of nitrogens with one attached hydrogen (secondary N) is 1. The second-order valence-electron chi connectivity index (χ2n) is 10.9. The average Bonchev–Trinajstić information content (AvgIpc) is 3.06. The van der Waals surface area contributed by atoms with Gasteiger partial charge in [0.2, 0.25) is 0 Å². The lowest BCUT2D eigenvalue weighted by molar-refractivity contribution is -0.145. The van der Waals surface area contributed by atoms with Gasteiger partial charge in [-0.3, -0.25) is 10.1 Å². The highest BCUT2D eigenvalue weighted by Gasteiger charge is 2.32. The standard InChI is InChI=1S/C35H33BrN2O7/c1-22-26(7-4-8-28(22)25-9-10-30-33(15-25)43-12-11-42-30)20-45-32-16-31(44-19-24-6-3-5-23(13-24)17-37)27(14-29(32)36)18-38-35(2,21-39)34(40)41/h3-10,13-16,38-39H,11-12,18-21H2,1-2H3,(H,40,41)/t35-/m1/s1. The fraction of sp³-hybridized carbons (Fsp3) is 0.257. The van der Waals surface area contributed by atoms with Gasteiger partial charge in [0.05, 0.1) is 22.7 Å². The summed E-state index contributed by atoms with van der Waals surface area (Å²) < 4.78 is 24.6. The summed E-state index contributed by atoms with van der Waals surface area (Å²) >= 11 is 3.61. The van der Waals surface area contributed by atoms with Crippen LogP contribution in [-0.4, -0.2) is 41.5 Å². The lowest BCUT2D eigenvalue weighted by Crippen LogP contribution is -2.52. The minimum Gasteiger partial charge on any atom is -0.488 e. The number of benzene rings is 4. The summed E-state index contributed by atoms with van der Waals surface area (Å²) in [6, 6.07) is 24.8. The van der Waals surface area contributed by atoms with Crippen LogP contribution in [0.5, 0.6) is 23.0 Å². The van der Waals surface area contributed by atoms with Crippen molar-refractivity contribution in [2.45, 2.75) is 39.1 Å². The third-order valence-corrected chi connectivity index (χ3v) is 8.32. The molecule has 0 fully saturated rings. The van der Waals surface area contributed by atoms with Crippen LogP contribution in [0.15, 0.2) is 77.3 Å². The van der Waals surface area contributed by atoms with E-state index in [4.69, 9.17) is 18.9 Å². The lowest BCUT2D eigenvalue weighted by atomic mass is 9.96. The van der Waals surface area contributed by atoms with Crippen molar-refractivity contribution in [1.82, 2.24) is 5.32 Å². The smallest absolute Gasteiger partial charge is 0.326 e. The first-order chi connectivity index (χ1) is 21.7. The van der Waals surface area contributed by atoms with E-state index < -0.39 is 18.1 Å². The fourth-order valence-electron chi connectivity index (χ4n) is 4.86. The van der Waals surface area contributed by atoms with E-state index in [2.05, 4.69) is 40.3 Å². The third-order valence-electron chi connectivity index (χ3n) is 7.71. The van der Waals surface area contributed by atoms with Crippen LogP contribution in [0.3, 0.4) is 0 Å².